The summed E-state index contributed by atoms with van der Waals surface area (Å²) in [5, 5.41) is 2.77. The molecule has 2 aromatic carbocycles. The normalized spacial score (nSPS) is 11.5. The van der Waals surface area contributed by atoms with Gasteiger partial charge in [-0.3, -0.25) is 0 Å². The van der Waals surface area contributed by atoms with Crippen LogP contribution in [0.1, 0.15) is 11.1 Å². The molecule has 0 aliphatic carbocycles. The van der Waals surface area contributed by atoms with E-state index in [-0.39, 0.29) is 5.69 Å². The van der Waals surface area contributed by atoms with E-state index in [2.05, 4.69) is 5.32 Å². The lowest BCUT2D eigenvalue weighted by Gasteiger charge is -2.09. The molecule has 0 aliphatic rings. The smallest absolute Gasteiger partial charge is 0.382 e. The fourth-order valence-corrected chi connectivity index (χ4v) is 1.83. The van der Waals surface area contributed by atoms with Gasteiger partial charge in [0.25, 0.3) is 0 Å². The highest BCUT2D eigenvalue weighted by Gasteiger charge is 2.29. The topological polar surface area (TPSA) is 12.0 Å². The number of benzene rings is 2. The Morgan fingerprint density at radius 3 is 2.14 bits per heavy atom. The highest BCUT2D eigenvalue weighted by molar-refractivity contribution is 5.44. The first kappa shape index (κ1) is 15.3. The highest BCUT2D eigenvalue weighted by Crippen LogP contribution is 2.29. The largest absolute Gasteiger partial charge is 0.416 e. The summed E-state index contributed by atoms with van der Waals surface area (Å²) in [6, 6.07) is 7.94. The lowest BCUT2D eigenvalue weighted by atomic mass is 10.1. The van der Waals surface area contributed by atoms with E-state index in [9.17, 15) is 22.0 Å². The molecule has 0 radical (unpaired) electrons. The van der Waals surface area contributed by atoms with E-state index in [1.54, 1.807) is 0 Å². The molecular weight excluding hydrogens is 289 g/mol. The summed E-state index contributed by atoms with van der Waals surface area (Å²) in [7, 11) is 0. The van der Waals surface area contributed by atoms with E-state index < -0.39 is 23.4 Å². The molecule has 0 spiro atoms. The summed E-state index contributed by atoms with van der Waals surface area (Å²) in [6.07, 6.45) is -3.93. The molecule has 0 aliphatic heterocycles. The van der Waals surface area contributed by atoms with Crippen molar-refractivity contribution in [1.29, 1.82) is 0 Å². The van der Waals surface area contributed by atoms with Crippen LogP contribution in [0.5, 0.6) is 0 Å². The minimum atomic E-state index is -4.35. The monoisotopic (exact) mass is 301 g/mol. The average Bonchev–Trinajstić information content (AvgIpc) is 2.41. The Bertz CT molecular complexity index is 604. The van der Waals surface area contributed by atoms with Gasteiger partial charge < -0.3 is 5.32 Å². The van der Waals surface area contributed by atoms with E-state index in [0.717, 1.165) is 24.3 Å². The van der Waals surface area contributed by atoms with Gasteiger partial charge >= 0.3 is 6.18 Å². The molecule has 21 heavy (non-hydrogen) atoms. The van der Waals surface area contributed by atoms with Crippen LogP contribution in [0.4, 0.5) is 27.6 Å². The number of anilines is 1. The Morgan fingerprint density at radius 2 is 1.57 bits per heavy atom. The van der Waals surface area contributed by atoms with Crippen LogP contribution in [0.25, 0.3) is 0 Å². The van der Waals surface area contributed by atoms with Gasteiger partial charge in [0.15, 0.2) is 0 Å². The van der Waals surface area contributed by atoms with Crippen molar-refractivity contribution < 1.29 is 22.0 Å². The van der Waals surface area contributed by atoms with Gasteiger partial charge in [0.1, 0.15) is 11.6 Å². The zero-order valence-corrected chi connectivity index (χ0v) is 10.8. The van der Waals surface area contributed by atoms with Crippen LogP contribution in [0, 0.1) is 11.6 Å². The summed E-state index contributed by atoms with van der Waals surface area (Å²) in [4.78, 5) is 0. The third-order valence-electron chi connectivity index (χ3n) is 2.94. The molecule has 0 saturated carbocycles. The summed E-state index contributed by atoms with van der Waals surface area (Å²) in [5.74, 6) is -1.37. The van der Waals surface area contributed by atoms with E-state index in [1.807, 2.05) is 0 Å². The molecule has 0 fully saturated rings. The van der Waals surface area contributed by atoms with Crippen LogP contribution < -0.4 is 5.32 Å². The minimum absolute atomic E-state index is 0.156. The molecular formula is C15H12F5N. The number of nitrogens with one attached hydrogen (secondary N) is 1. The number of hydrogen-bond acceptors (Lipinski definition) is 1. The average molecular weight is 301 g/mol. The van der Waals surface area contributed by atoms with Crippen molar-refractivity contribution in [3.8, 4) is 0 Å². The predicted molar refractivity (Wildman–Crippen MR) is 70.0 cm³/mol. The molecule has 2 rings (SSSR count). The first-order chi connectivity index (χ1) is 9.86. The summed E-state index contributed by atoms with van der Waals surface area (Å²) >= 11 is 0. The quantitative estimate of drug-likeness (QED) is 0.811. The third-order valence-corrected chi connectivity index (χ3v) is 2.94. The molecule has 6 heteroatoms. The number of alkyl halides is 3. The standard InChI is InChI=1S/C15H12F5N/c16-12-5-6-14(13(17)9-12)21-8-7-10-1-3-11(4-2-10)15(18,19)20/h1-6,9,21H,7-8H2. The lowest BCUT2D eigenvalue weighted by Crippen LogP contribution is -2.08. The summed E-state index contributed by atoms with van der Waals surface area (Å²) in [5.41, 5.74) is 0.144. The van der Waals surface area contributed by atoms with E-state index >= 15 is 0 Å². The van der Waals surface area contributed by atoms with Crippen LogP contribution >= 0.6 is 0 Å². The Hall–Kier alpha value is -2.11. The molecule has 2 aromatic rings. The predicted octanol–water partition coefficient (Wildman–Crippen LogP) is 4.64. The van der Waals surface area contributed by atoms with Crippen LogP contribution in [0.15, 0.2) is 42.5 Å². The third kappa shape index (κ3) is 4.18. The second-order valence-electron chi connectivity index (χ2n) is 4.50. The van der Waals surface area contributed by atoms with Crippen LogP contribution in [-0.2, 0) is 12.6 Å². The first-order valence-corrected chi connectivity index (χ1v) is 6.21. The van der Waals surface area contributed by atoms with Crippen molar-refractivity contribution in [3.63, 3.8) is 0 Å². The van der Waals surface area contributed by atoms with Crippen molar-refractivity contribution in [1.82, 2.24) is 0 Å². The van der Waals surface area contributed by atoms with Crippen LogP contribution in [0.3, 0.4) is 0 Å². The maximum atomic E-state index is 13.3. The van der Waals surface area contributed by atoms with E-state index in [4.69, 9.17) is 0 Å². The number of halogens is 5. The van der Waals surface area contributed by atoms with Gasteiger partial charge in [0.2, 0.25) is 0 Å². The zero-order chi connectivity index (χ0) is 15.5. The van der Waals surface area contributed by atoms with Gasteiger partial charge in [-0.2, -0.15) is 13.2 Å². The maximum Gasteiger partial charge on any atom is 0.416 e. The molecule has 0 atom stereocenters. The molecule has 112 valence electrons. The van der Waals surface area contributed by atoms with Crippen LogP contribution in [0.2, 0.25) is 0 Å². The second-order valence-corrected chi connectivity index (χ2v) is 4.50. The molecule has 0 aromatic heterocycles. The molecule has 0 unspecified atom stereocenters. The zero-order valence-electron chi connectivity index (χ0n) is 10.8. The summed E-state index contributed by atoms with van der Waals surface area (Å²) in [6.45, 7) is 0.327. The van der Waals surface area contributed by atoms with Gasteiger partial charge in [-0.15, -0.1) is 0 Å². The van der Waals surface area contributed by atoms with Gasteiger partial charge in [-0.1, -0.05) is 12.1 Å². The molecule has 1 nitrogen and oxygen atoms in total. The SMILES string of the molecule is Fc1ccc(NCCc2ccc(C(F)(F)F)cc2)c(F)c1. The number of hydrogen-bond donors (Lipinski definition) is 1. The summed E-state index contributed by atoms with van der Waals surface area (Å²) < 4.78 is 63.2. The van der Waals surface area contributed by atoms with Gasteiger partial charge in [-0.25, -0.2) is 8.78 Å². The molecule has 0 saturated heterocycles. The Balaban J connectivity index is 1.91. The molecule has 1 N–H and O–H groups in total. The highest BCUT2D eigenvalue weighted by atomic mass is 19.4. The Morgan fingerprint density at radius 1 is 0.905 bits per heavy atom. The molecule has 0 bridgehead atoms. The molecule has 0 amide bonds. The number of rotatable bonds is 4. The minimum Gasteiger partial charge on any atom is -0.382 e. The Kier molecular flexibility index (Phi) is 4.45. The van der Waals surface area contributed by atoms with Gasteiger partial charge in [0.05, 0.1) is 11.3 Å². The van der Waals surface area contributed by atoms with Crippen molar-refractivity contribution in [2.24, 2.45) is 0 Å². The fourth-order valence-electron chi connectivity index (χ4n) is 1.83. The van der Waals surface area contributed by atoms with Crippen LogP contribution in [-0.4, -0.2) is 6.54 Å². The fraction of sp³-hybridized carbons (Fsp3) is 0.200. The molecule has 0 heterocycles. The first-order valence-electron chi connectivity index (χ1n) is 6.21. The lowest BCUT2D eigenvalue weighted by molar-refractivity contribution is -0.137. The van der Waals surface area contributed by atoms with Crippen molar-refractivity contribution in [2.45, 2.75) is 12.6 Å². The van der Waals surface area contributed by atoms with E-state index in [0.29, 0.717) is 18.5 Å². The van der Waals surface area contributed by atoms with E-state index in [1.165, 1.54) is 18.2 Å². The Labute approximate surface area is 118 Å². The van der Waals surface area contributed by atoms with Gasteiger partial charge in [0, 0.05) is 12.6 Å². The van der Waals surface area contributed by atoms with Crippen molar-refractivity contribution in [2.75, 3.05) is 11.9 Å². The van der Waals surface area contributed by atoms with Crippen molar-refractivity contribution >= 4 is 5.69 Å². The second kappa shape index (κ2) is 6.11. The van der Waals surface area contributed by atoms with Gasteiger partial charge in [-0.05, 0) is 36.2 Å². The van der Waals surface area contributed by atoms with Crippen molar-refractivity contribution in [3.05, 3.63) is 65.2 Å². The maximum absolute atomic E-state index is 13.3.